The van der Waals surface area contributed by atoms with Crippen LogP contribution in [0.25, 0.3) is 43.6 Å². The zero-order valence-corrected chi connectivity index (χ0v) is 25.1. The number of aryl methyl sites for hydroxylation is 2. The number of hydrogen-bond donors (Lipinski definition) is 2. The number of carbonyl (C=O) groups is 2. The Balaban J connectivity index is 1.11. The summed E-state index contributed by atoms with van der Waals surface area (Å²) in [5.74, 6) is -0.180. The highest BCUT2D eigenvalue weighted by Gasteiger charge is 2.14. The highest BCUT2D eigenvalue weighted by molar-refractivity contribution is 7.72. The van der Waals surface area contributed by atoms with Crippen molar-refractivity contribution in [1.29, 1.82) is 0 Å². The Morgan fingerprint density at radius 1 is 0.571 bits per heavy atom. The predicted octanol–water partition coefficient (Wildman–Crippen LogP) is 8.57. The number of unbranched alkanes of at least 4 members (excludes halogenated alkanes) is 1. The van der Waals surface area contributed by atoms with Gasteiger partial charge in [0.25, 0.3) is 0 Å². The van der Waals surface area contributed by atoms with Crippen molar-refractivity contribution in [3.63, 3.8) is 0 Å². The normalized spacial score (nSPS) is 11.4. The Morgan fingerprint density at radius 2 is 0.952 bits per heavy atom. The van der Waals surface area contributed by atoms with Crippen LogP contribution in [0.2, 0.25) is 0 Å². The Kier molecular flexibility index (Phi) is 7.58. The second-order valence-electron chi connectivity index (χ2n) is 10.5. The lowest BCUT2D eigenvalue weighted by Gasteiger charge is -2.16. The lowest BCUT2D eigenvalue weighted by Crippen LogP contribution is -2.15. The third kappa shape index (κ3) is 4.97. The molecule has 0 atom stereocenters. The lowest BCUT2D eigenvalue weighted by molar-refractivity contribution is -0.118. The maximum Gasteiger partial charge on any atom is 0.224 e. The predicted molar refractivity (Wildman–Crippen MR) is 178 cm³/mol. The summed E-state index contributed by atoms with van der Waals surface area (Å²) in [7, 11) is 3.98. The molecule has 4 aromatic carbocycles. The maximum atomic E-state index is 12.9. The van der Waals surface area contributed by atoms with Gasteiger partial charge in [-0.15, -0.1) is 0 Å². The SMILES string of the molecule is Cn1c2ccccc2c(=S)c2cccc(NC(=O)CCCCC(=O)Nc3cccc4c(=S)c5ccccc5n(C)c34)c21. The van der Waals surface area contributed by atoms with Crippen LogP contribution in [0, 0.1) is 9.02 Å². The molecular formula is C34H30N4O2S2. The summed E-state index contributed by atoms with van der Waals surface area (Å²) in [5, 5.41) is 10.0. The fraction of sp³-hybridized carbons (Fsp3) is 0.176. The van der Waals surface area contributed by atoms with E-state index in [1.165, 1.54) is 0 Å². The molecule has 0 bridgehead atoms. The van der Waals surface area contributed by atoms with Crippen LogP contribution in [0.5, 0.6) is 0 Å². The van der Waals surface area contributed by atoms with Gasteiger partial charge in [-0.25, -0.2) is 0 Å². The third-order valence-electron chi connectivity index (χ3n) is 7.86. The first-order valence-corrected chi connectivity index (χ1v) is 14.8. The first-order valence-electron chi connectivity index (χ1n) is 14.0. The zero-order valence-electron chi connectivity index (χ0n) is 23.4. The van der Waals surface area contributed by atoms with Gasteiger partial charge in [-0.3, -0.25) is 9.59 Å². The van der Waals surface area contributed by atoms with Gasteiger partial charge in [-0.2, -0.15) is 0 Å². The third-order valence-corrected chi connectivity index (χ3v) is 8.74. The van der Waals surface area contributed by atoms with E-state index in [4.69, 9.17) is 24.4 Å². The molecule has 6 rings (SSSR count). The minimum absolute atomic E-state index is 0.0899. The number of benzene rings is 4. The largest absolute Gasteiger partial charge is 0.342 e. The van der Waals surface area contributed by atoms with E-state index in [9.17, 15) is 9.59 Å². The summed E-state index contributed by atoms with van der Waals surface area (Å²) < 4.78 is 5.70. The Hall–Kier alpha value is -4.40. The van der Waals surface area contributed by atoms with Crippen LogP contribution < -0.4 is 10.6 Å². The van der Waals surface area contributed by atoms with Crippen LogP contribution >= 0.6 is 24.4 Å². The Bertz CT molecular complexity index is 2010. The minimum atomic E-state index is -0.0899. The topological polar surface area (TPSA) is 68.1 Å². The Morgan fingerprint density at radius 3 is 1.38 bits per heavy atom. The molecule has 0 aliphatic rings. The molecule has 0 aliphatic heterocycles. The molecule has 42 heavy (non-hydrogen) atoms. The molecule has 0 aliphatic carbocycles. The van der Waals surface area contributed by atoms with Gasteiger partial charge in [0.05, 0.1) is 31.4 Å². The number of amides is 2. The van der Waals surface area contributed by atoms with Crippen molar-refractivity contribution >= 4 is 91.2 Å². The van der Waals surface area contributed by atoms with Gasteiger partial charge >= 0.3 is 0 Å². The van der Waals surface area contributed by atoms with Gasteiger partial charge in [0, 0.05) is 59.5 Å². The van der Waals surface area contributed by atoms with Gasteiger partial charge in [0.15, 0.2) is 0 Å². The van der Waals surface area contributed by atoms with Crippen LogP contribution in [0.4, 0.5) is 11.4 Å². The molecule has 0 saturated heterocycles. The number of pyridine rings is 2. The van der Waals surface area contributed by atoms with Gasteiger partial charge in [-0.05, 0) is 37.1 Å². The van der Waals surface area contributed by atoms with Crippen molar-refractivity contribution in [3.8, 4) is 0 Å². The highest BCUT2D eigenvalue weighted by Crippen LogP contribution is 2.31. The summed E-state index contributed by atoms with van der Waals surface area (Å²) in [6, 6.07) is 27.7. The first-order chi connectivity index (χ1) is 20.3. The second kappa shape index (κ2) is 11.5. The van der Waals surface area contributed by atoms with E-state index in [1.807, 2.05) is 99.0 Å². The highest BCUT2D eigenvalue weighted by atomic mass is 32.1. The number of nitrogens with zero attached hydrogens (tertiary/aromatic N) is 2. The average Bonchev–Trinajstić information content (AvgIpc) is 3.00. The van der Waals surface area contributed by atoms with Crippen molar-refractivity contribution in [2.45, 2.75) is 25.7 Å². The summed E-state index contributed by atoms with van der Waals surface area (Å²) in [4.78, 5) is 25.8. The van der Waals surface area contributed by atoms with Crippen LogP contribution in [0.15, 0.2) is 84.9 Å². The molecule has 0 unspecified atom stereocenters. The summed E-state index contributed by atoms with van der Waals surface area (Å²) in [6.07, 6.45) is 1.82. The van der Waals surface area contributed by atoms with Crippen LogP contribution in [-0.2, 0) is 23.7 Å². The molecule has 2 amide bonds. The molecule has 210 valence electrons. The second-order valence-corrected chi connectivity index (χ2v) is 11.3. The molecule has 2 heterocycles. The molecule has 0 radical (unpaired) electrons. The lowest BCUT2D eigenvalue weighted by atomic mass is 10.1. The summed E-state index contributed by atoms with van der Waals surface area (Å²) in [5.41, 5.74) is 5.28. The van der Waals surface area contributed by atoms with Gasteiger partial charge in [-0.1, -0.05) is 85.1 Å². The number of carbonyl (C=O) groups excluding carboxylic acids is 2. The number of para-hydroxylation sites is 4. The monoisotopic (exact) mass is 590 g/mol. The van der Waals surface area contributed by atoms with Gasteiger partial charge < -0.3 is 19.8 Å². The maximum absolute atomic E-state index is 12.9. The molecule has 0 saturated carbocycles. The summed E-state index contributed by atoms with van der Waals surface area (Å²) >= 11 is 11.5. The zero-order chi connectivity index (χ0) is 29.4. The quantitative estimate of drug-likeness (QED) is 0.111. The standard InChI is InChI=1S/C34H30N4O2S2/c1-37-27-17-5-3-11-21(27)33(41)23-13-9-15-25(31(23)37)35-29(39)19-7-8-20-30(40)36-26-16-10-14-24-32(26)38(2)28-18-6-4-12-22(28)34(24)42/h3-6,9-18H,7-8,19-20H2,1-2H3,(H,35,39)(H,36,40). The number of nitrogens with one attached hydrogen (secondary N) is 2. The van der Waals surface area contributed by atoms with Crippen molar-refractivity contribution in [2.75, 3.05) is 10.6 Å². The molecule has 8 heteroatoms. The van der Waals surface area contributed by atoms with E-state index in [-0.39, 0.29) is 11.8 Å². The number of hydrogen-bond acceptors (Lipinski definition) is 4. The van der Waals surface area contributed by atoms with E-state index >= 15 is 0 Å². The van der Waals surface area contributed by atoms with Crippen LogP contribution in [0.3, 0.4) is 0 Å². The van der Waals surface area contributed by atoms with Crippen LogP contribution in [-0.4, -0.2) is 20.9 Å². The van der Waals surface area contributed by atoms with E-state index in [0.717, 1.165) is 64.0 Å². The average molecular weight is 591 g/mol. The Labute approximate surface area is 253 Å². The van der Waals surface area contributed by atoms with E-state index < -0.39 is 0 Å². The number of fused-ring (bicyclic) bond motifs is 4. The number of anilines is 2. The summed E-state index contributed by atoms with van der Waals surface area (Å²) in [6.45, 7) is 0. The fourth-order valence-corrected chi connectivity index (χ4v) is 6.50. The molecule has 6 aromatic rings. The molecule has 0 spiro atoms. The molecule has 6 nitrogen and oxygen atoms in total. The van der Waals surface area contributed by atoms with Gasteiger partial charge in [0.1, 0.15) is 0 Å². The number of rotatable bonds is 7. The molecular weight excluding hydrogens is 561 g/mol. The minimum Gasteiger partial charge on any atom is -0.342 e. The smallest absolute Gasteiger partial charge is 0.224 e. The molecule has 2 N–H and O–H groups in total. The first kappa shape index (κ1) is 27.8. The fourth-order valence-electron chi connectivity index (χ4n) is 5.82. The van der Waals surface area contributed by atoms with Crippen molar-refractivity contribution in [1.82, 2.24) is 9.13 Å². The van der Waals surface area contributed by atoms with Crippen molar-refractivity contribution in [2.24, 2.45) is 14.1 Å². The van der Waals surface area contributed by atoms with E-state index in [1.54, 1.807) is 0 Å². The number of aromatic nitrogens is 2. The van der Waals surface area contributed by atoms with E-state index in [2.05, 4.69) is 19.8 Å². The van der Waals surface area contributed by atoms with Crippen molar-refractivity contribution < 1.29 is 9.59 Å². The molecule has 2 aromatic heterocycles. The van der Waals surface area contributed by atoms with Crippen molar-refractivity contribution in [3.05, 3.63) is 93.9 Å². The van der Waals surface area contributed by atoms with Crippen LogP contribution in [0.1, 0.15) is 25.7 Å². The van der Waals surface area contributed by atoms with E-state index in [0.29, 0.717) is 25.7 Å². The van der Waals surface area contributed by atoms with Gasteiger partial charge in [0.2, 0.25) is 11.8 Å². The molecule has 0 fully saturated rings.